The molecule has 4 rings (SSSR count). The van der Waals surface area contributed by atoms with Gasteiger partial charge >= 0.3 is 6.09 Å². The van der Waals surface area contributed by atoms with Crippen molar-refractivity contribution in [2.75, 3.05) is 18.0 Å². The second kappa shape index (κ2) is 7.12. The molecular weight excluding hydrogens is 353 g/mol. The van der Waals surface area contributed by atoms with Crippen LogP contribution < -0.4 is 10.6 Å². The number of ether oxygens (including phenoxy) is 1. The fourth-order valence-corrected chi connectivity index (χ4v) is 2.79. The van der Waals surface area contributed by atoms with Crippen LogP contribution in [0.5, 0.6) is 0 Å². The first-order valence-corrected chi connectivity index (χ1v) is 8.34. The van der Waals surface area contributed by atoms with Crippen LogP contribution in [0.25, 0.3) is 11.5 Å². The van der Waals surface area contributed by atoms with Gasteiger partial charge in [0.15, 0.2) is 0 Å². The molecule has 1 unspecified atom stereocenters. The number of cyclic esters (lactones) is 1. The number of pyridine rings is 1. The monoisotopic (exact) mass is 369 g/mol. The number of hydrogen-bond acceptors (Lipinski definition) is 7. The van der Waals surface area contributed by atoms with Gasteiger partial charge in [-0.15, -0.1) is 10.2 Å². The normalized spacial score (nSPS) is 16.6. The van der Waals surface area contributed by atoms with Gasteiger partial charge in [0.1, 0.15) is 11.9 Å². The number of carbonyl (C=O) groups is 1. The van der Waals surface area contributed by atoms with E-state index < -0.39 is 18.0 Å². The van der Waals surface area contributed by atoms with Gasteiger partial charge in [-0.2, -0.15) is 0 Å². The van der Waals surface area contributed by atoms with Gasteiger partial charge in [-0.25, -0.2) is 9.18 Å². The standard InChI is InChI=1S/C18H16FN5O3/c19-15-8-12(24-10-13(9-20)26-18(24)25)4-5-14(15)17-23-22-16(27-17)7-11-3-1-2-6-21-11/h1-6,8,13H,7,9-10,20H2. The van der Waals surface area contributed by atoms with Crippen LogP contribution in [0.1, 0.15) is 11.6 Å². The van der Waals surface area contributed by atoms with E-state index in [1.165, 1.54) is 17.0 Å². The maximum absolute atomic E-state index is 14.6. The Bertz CT molecular complexity index is 963. The summed E-state index contributed by atoms with van der Waals surface area (Å²) >= 11 is 0. The van der Waals surface area contributed by atoms with Gasteiger partial charge in [-0.05, 0) is 30.3 Å². The molecule has 1 saturated heterocycles. The van der Waals surface area contributed by atoms with Crippen LogP contribution in [0.2, 0.25) is 0 Å². The summed E-state index contributed by atoms with van der Waals surface area (Å²) in [6, 6.07) is 9.83. The van der Waals surface area contributed by atoms with E-state index in [2.05, 4.69) is 15.2 Å². The third-order valence-electron chi connectivity index (χ3n) is 4.16. The zero-order chi connectivity index (χ0) is 18.8. The highest BCUT2D eigenvalue weighted by Gasteiger charge is 2.32. The lowest BCUT2D eigenvalue weighted by Gasteiger charge is -2.13. The fraction of sp³-hybridized carbons (Fsp3) is 0.222. The number of amides is 1. The van der Waals surface area contributed by atoms with Gasteiger partial charge in [0.25, 0.3) is 5.89 Å². The van der Waals surface area contributed by atoms with Gasteiger partial charge in [0.05, 0.1) is 24.2 Å². The number of anilines is 1. The summed E-state index contributed by atoms with van der Waals surface area (Å²) in [7, 11) is 0. The molecule has 0 bridgehead atoms. The highest BCUT2D eigenvalue weighted by Crippen LogP contribution is 2.28. The number of rotatable bonds is 5. The first kappa shape index (κ1) is 17.1. The topological polar surface area (TPSA) is 107 Å². The predicted molar refractivity (Wildman–Crippen MR) is 93.4 cm³/mol. The lowest BCUT2D eigenvalue weighted by molar-refractivity contribution is 0.145. The van der Waals surface area contributed by atoms with Crippen LogP contribution in [0.3, 0.4) is 0 Å². The second-order valence-corrected chi connectivity index (χ2v) is 6.02. The Kier molecular flexibility index (Phi) is 4.51. The smallest absolute Gasteiger partial charge is 0.414 e. The molecule has 8 nitrogen and oxygen atoms in total. The molecule has 27 heavy (non-hydrogen) atoms. The molecule has 0 aliphatic carbocycles. The third kappa shape index (κ3) is 3.49. The molecule has 138 valence electrons. The number of nitrogens with zero attached hydrogens (tertiary/aromatic N) is 4. The summed E-state index contributed by atoms with van der Waals surface area (Å²) in [5.74, 6) is -0.181. The first-order chi connectivity index (χ1) is 13.1. The number of halogens is 1. The minimum absolute atomic E-state index is 0.0637. The number of nitrogens with two attached hydrogens (primary N) is 1. The minimum Gasteiger partial charge on any atom is -0.443 e. The van der Waals surface area contributed by atoms with Gasteiger partial charge in [-0.3, -0.25) is 9.88 Å². The predicted octanol–water partition coefficient (Wildman–Crippen LogP) is 2.15. The summed E-state index contributed by atoms with van der Waals surface area (Å²) in [5, 5.41) is 7.84. The largest absolute Gasteiger partial charge is 0.443 e. The second-order valence-electron chi connectivity index (χ2n) is 6.02. The number of hydrogen-bond donors (Lipinski definition) is 1. The molecule has 1 amide bonds. The van der Waals surface area contributed by atoms with E-state index >= 15 is 0 Å². The molecule has 1 fully saturated rings. The molecule has 0 radical (unpaired) electrons. The molecule has 3 aromatic rings. The number of benzene rings is 1. The van der Waals surface area contributed by atoms with E-state index in [0.29, 0.717) is 18.0 Å². The lowest BCUT2D eigenvalue weighted by Crippen LogP contribution is -2.27. The highest BCUT2D eigenvalue weighted by atomic mass is 19.1. The summed E-state index contributed by atoms with van der Waals surface area (Å²) in [4.78, 5) is 17.4. The summed E-state index contributed by atoms with van der Waals surface area (Å²) in [5.41, 5.74) is 6.82. The SMILES string of the molecule is NCC1CN(c2ccc(-c3nnc(Cc4ccccn4)o3)c(F)c2)C(=O)O1. The van der Waals surface area contributed by atoms with Crippen molar-refractivity contribution >= 4 is 11.8 Å². The Morgan fingerprint density at radius 3 is 2.85 bits per heavy atom. The number of aromatic nitrogens is 3. The van der Waals surface area contributed by atoms with Crippen molar-refractivity contribution < 1.29 is 18.3 Å². The molecule has 0 saturated carbocycles. The third-order valence-corrected chi connectivity index (χ3v) is 4.16. The van der Waals surface area contributed by atoms with Crippen molar-refractivity contribution in [1.82, 2.24) is 15.2 Å². The van der Waals surface area contributed by atoms with Crippen LogP contribution in [0, 0.1) is 5.82 Å². The van der Waals surface area contributed by atoms with Crippen LogP contribution in [-0.4, -0.2) is 40.5 Å². The summed E-state index contributed by atoms with van der Waals surface area (Å²) < 4.78 is 25.2. The maximum atomic E-state index is 14.6. The number of carbonyl (C=O) groups excluding carboxylic acids is 1. The van der Waals surface area contributed by atoms with Crippen LogP contribution in [0.15, 0.2) is 47.0 Å². The van der Waals surface area contributed by atoms with E-state index in [0.717, 1.165) is 5.69 Å². The van der Waals surface area contributed by atoms with Crippen LogP contribution in [-0.2, 0) is 11.2 Å². The van der Waals surface area contributed by atoms with Crippen molar-refractivity contribution in [2.45, 2.75) is 12.5 Å². The molecular formula is C18H16FN5O3. The van der Waals surface area contributed by atoms with Gasteiger partial charge in [0.2, 0.25) is 5.89 Å². The molecule has 1 aliphatic rings. The average molecular weight is 369 g/mol. The van der Waals surface area contributed by atoms with Crippen molar-refractivity contribution in [3.8, 4) is 11.5 Å². The van der Waals surface area contributed by atoms with Gasteiger partial charge in [0, 0.05) is 18.4 Å². The zero-order valence-electron chi connectivity index (χ0n) is 14.2. The van der Waals surface area contributed by atoms with Crippen molar-refractivity contribution in [2.24, 2.45) is 5.73 Å². The summed E-state index contributed by atoms with van der Waals surface area (Å²) in [6.07, 6.45) is 1.08. The molecule has 3 heterocycles. The lowest BCUT2D eigenvalue weighted by atomic mass is 10.1. The van der Waals surface area contributed by atoms with Crippen LogP contribution in [0.4, 0.5) is 14.9 Å². The average Bonchev–Trinajstić information content (AvgIpc) is 3.29. The Balaban J connectivity index is 1.54. The van der Waals surface area contributed by atoms with Gasteiger partial charge < -0.3 is 14.9 Å². The Labute approximate surface area is 153 Å². The van der Waals surface area contributed by atoms with E-state index in [-0.39, 0.29) is 24.5 Å². The van der Waals surface area contributed by atoms with Crippen molar-refractivity contribution in [3.63, 3.8) is 0 Å². The first-order valence-electron chi connectivity index (χ1n) is 8.34. The van der Waals surface area contributed by atoms with E-state index in [1.807, 2.05) is 18.2 Å². The zero-order valence-corrected chi connectivity index (χ0v) is 14.2. The molecule has 0 spiro atoms. The molecule has 2 aromatic heterocycles. The molecule has 1 atom stereocenters. The van der Waals surface area contributed by atoms with Crippen molar-refractivity contribution in [1.29, 1.82) is 0 Å². The summed E-state index contributed by atoms with van der Waals surface area (Å²) in [6.45, 7) is 0.493. The molecule has 2 N–H and O–H groups in total. The Morgan fingerprint density at radius 1 is 1.26 bits per heavy atom. The fourth-order valence-electron chi connectivity index (χ4n) is 2.79. The van der Waals surface area contributed by atoms with Crippen LogP contribution >= 0.6 is 0 Å². The molecule has 1 aromatic carbocycles. The Morgan fingerprint density at radius 2 is 2.15 bits per heavy atom. The highest BCUT2D eigenvalue weighted by molar-refractivity contribution is 5.90. The maximum Gasteiger partial charge on any atom is 0.414 e. The Hall–Kier alpha value is -3.33. The molecule has 1 aliphatic heterocycles. The minimum atomic E-state index is -0.579. The molecule has 9 heteroatoms. The van der Waals surface area contributed by atoms with E-state index in [9.17, 15) is 9.18 Å². The van der Waals surface area contributed by atoms with E-state index in [1.54, 1.807) is 12.3 Å². The quantitative estimate of drug-likeness (QED) is 0.734. The van der Waals surface area contributed by atoms with E-state index in [4.69, 9.17) is 14.9 Å². The van der Waals surface area contributed by atoms with Gasteiger partial charge in [-0.1, -0.05) is 6.07 Å². The van der Waals surface area contributed by atoms with Crippen molar-refractivity contribution in [3.05, 3.63) is 60.0 Å².